The Bertz CT molecular complexity index is 958. The molecule has 7 heteroatoms. The Balaban J connectivity index is 1.74. The normalized spacial score (nSPS) is 12.6. The van der Waals surface area contributed by atoms with Crippen LogP contribution in [-0.2, 0) is 13.0 Å². The standard InChI is InChI=1S/C18H18N4OS2/c1-11(19)9-14-15(12-4-6-20-7-5-12)16-17(24-14)18(25-22-16)21-10-13-3-2-8-23-13/h2-8,11,21H,9-10,19H2,1H3/t11-/m0/s1. The molecule has 0 spiro atoms. The van der Waals surface area contributed by atoms with Crippen molar-refractivity contribution in [2.45, 2.75) is 25.9 Å². The Morgan fingerprint density at radius 1 is 1.28 bits per heavy atom. The Morgan fingerprint density at radius 2 is 2.12 bits per heavy atom. The van der Waals surface area contributed by atoms with E-state index in [1.54, 1.807) is 17.6 Å². The van der Waals surface area contributed by atoms with Crippen molar-refractivity contribution in [3.05, 3.63) is 53.6 Å². The van der Waals surface area contributed by atoms with Crippen molar-refractivity contribution in [2.75, 3.05) is 5.32 Å². The predicted molar refractivity (Wildman–Crippen MR) is 104 cm³/mol. The summed E-state index contributed by atoms with van der Waals surface area (Å²) in [4.78, 5) is 5.40. The number of hydrogen-bond acceptors (Lipinski definition) is 7. The molecule has 25 heavy (non-hydrogen) atoms. The molecule has 0 unspecified atom stereocenters. The number of aromatic nitrogens is 2. The maximum Gasteiger partial charge on any atom is 0.127 e. The van der Waals surface area contributed by atoms with Crippen LogP contribution in [0.5, 0.6) is 0 Å². The number of pyridine rings is 1. The van der Waals surface area contributed by atoms with Gasteiger partial charge in [-0.2, -0.15) is 4.37 Å². The molecular formula is C18H18N4OS2. The van der Waals surface area contributed by atoms with Crippen LogP contribution >= 0.6 is 22.9 Å². The maximum atomic E-state index is 6.07. The van der Waals surface area contributed by atoms with Crippen molar-refractivity contribution in [3.63, 3.8) is 0 Å². The fraction of sp³-hybridized carbons (Fsp3) is 0.222. The lowest BCUT2D eigenvalue weighted by molar-refractivity contribution is 0.518. The summed E-state index contributed by atoms with van der Waals surface area (Å²) in [5.41, 5.74) is 9.43. The molecule has 4 heterocycles. The molecule has 3 N–H and O–H groups in total. The highest BCUT2D eigenvalue weighted by atomic mass is 32.1. The highest BCUT2D eigenvalue weighted by Gasteiger charge is 2.20. The first-order chi connectivity index (χ1) is 12.2. The van der Waals surface area contributed by atoms with Crippen molar-refractivity contribution in [1.29, 1.82) is 0 Å². The highest BCUT2D eigenvalue weighted by molar-refractivity contribution is 7.25. The van der Waals surface area contributed by atoms with Crippen LogP contribution in [0.1, 0.15) is 17.6 Å². The van der Waals surface area contributed by atoms with E-state index in [-0.39, 0.29) is 6.04 Å². The number of nitrogens with one attached hydrogen (secondary N) is 1. The monoisotopic (exact) mass is 370 g/mol. The lowest BCUT2D eigenvalue weighted by atomic mass is 10.0. The first-order valence-electron chi connectivity index (χ1n) is 8.05. The molecule has 5 nitrogen and oxygen atoms in total. The third-order valence-corrected chi connectivity index (χ3v) is 6.02. The molecule has 0 amide bonds. The topological polar surface area (TPSA) is 77.0 Å². The van der Waals surface area contributed by atoms with Crippen molar-refractivity contribution >= 4 is 38.1 Å². The van der Waals surface area contributed by atoms with Gasteiger partial charge in [0.2, 0.25) is 0 Å². The van der Waals surface area contributed by atoms with Gasteiger partial charge < -0.3 is 15.5 Å². The highest BCUT2D eigenvalue weighted by Crippen LogP contribution is 2.44. The second kappa shape index (κ2) is 6.95. The van der Waals surface area contributed by atoms with Gasteiger partial charge in [0.25, 0.3) is 0 Å². The number of furan rings is 1. The molecule has 128 valence electrons. The molecule has 4 aromatic rings. The Labute approximate surface area is 153 Å². The van der Waals surface area contributed by atoms with E-state index in [4.69, 9.17) is 14.5 Å². The van der Waals surface area contributed by atoms with Crippen LogP contribution in [0.3, 0.4) is 0 Å². The lowest BCUT2D eigenvalue weighted by Crippen LogP contribution is -2.17. The van der Waals surface area contributed by atoms with Crippen LogP contribution in [0.15, 0.2) is 47.3 Å². The lowest BCUT2D eigenvalue weighted by Gasteiger charge is -2.06. The molecule has 4 rings (SSSR count). The van der Waals surface area contributed by atoms with Gasteiger partial charge in [-0.05, 0) is 54.7 Å². The van der Waals surface area contributed by atoms with E-state index in [1.165, 1.54) is 26.7 Å². The number of anilines is 1. The van der Waals surface area contributed by atoms with Crippen molar-refractivity contribution in [2.24, 2.45) is 5.73 Å². The van der Waals surface area contributed by atoms with Gasteiger partial charge >= 0.3 is 0 Å². The SMILES string of the molecule is C[C@H](N)Cc1sc2c(NCc3ccco3)snc2c1-c1ccncc1. The second-order valence-corrected chi connectivity index (χ2v) is 7.82. The van der Waals surface area contributed by atoms with Gasteiger partial charge in [-0.1, -0.05) is 0 Å². The summed E-state index contributed by atoms with van der Waals surface area (Å²) in [6.07, 6.45) is 6.15. The fourth-order valence-corrected chi connectivity index (χ4v) is 5.08. The summed E-state index contributed by atoms with van der Waals surface area (Å²) in [5, 5.41) is 4.52. The summed E-state index contributed by atoms with van der Waals surface area (Å²) in [6.45, 7) is 2.68. The minimum absolute atomic E-state index is 0.103. The third-order valence-electron chi connectivity index (χ3n) is 3.87. The first kappa shape index (κ1) is 16.3. The van der Waals surface area contributed by atoms with E-state index in [9.17, 15) is 0 Å². The van der Waals surface area contributed by atoms with E-state index in [0.717, 1.165) is 28.3 Å². The molecule has 0 saturated heterocycles. The first-order valence-corrected chi connectivity index (χ1v) is 9.64. The predicted octanol–water partition coefficient (Wildman–Crippen LogP) is 4.51. The smallest absolute Gasteiger partial charge is 0.127 e. The van der Waals surface area contributed by atoms with Crippen molar-refractivity contribution in [1.82, 2.24) is 9.36 Å². The maximum absolute atomic E-state index is 6.07. The largest absolute Gasteiger partial charge is 0.467 e. The van der Waals surface area contributed by atoms with Gasteiger partial charge in [-0.15, -0.1) is 11.3 Å². The van der Waals surface area contributed by atoms with Crippen LogP contribution in [0, 0.1) is 0 Å². The van der Waals surface area contributed by atoms with E-state index < -0.39 is 0 Å². The second-order valence-electron chi connectivity index (χ2n) is 5.94. The van der Waals surface area contributed by atoms with Crippen LogP contribution in [0.25, 0.3) is 21.3 Å². The Hall–Kier alpha value is -2.22. The fourth-order valence-electron chi connectivity index (χ4n) is 2.79. The van der Waals surface area contributed by atoms with Gasteiger partial charge in [0, 0.05) is 28.9 Å². The van der Waals surface area contributed by atoms with Crippen LogP contribution < -0.4 is 11.1 Å². The summed E-state index contributed by atoms with van der Waals surface area (Å²) >= 11 is 3.26. The number of rotatable bonds is 6. The number of thiophene rings is 1. The van der Waals surface area contributed by atoms with E-state index in [0.29, 0.717) is 6.54 Å². The quantitative estimate of drug-likeness (QED) is 0.522. The molecule has 0 aliphatic heterocycles. The summed E-state index contributed by atoms with van der Waals surface area (Å²) in [6, 6.07) is 8.02. The number of nitrogens with zero attached hydrogens (tertiary/aromatic N) is 2. The Morgan fingerprint density at radius 3 is 2.84 bits per heavy atom. The molecule has 0 fully saturated rings. The molecule has 4 aromatic heterocycles. The zero-order valence-corrected chi connectivity index (χ0v) is 15.4. The van der Waals surface area contributed by atoms with Crippen LogP contribution in [0.2, 0.25) is 0 Å². The molecule has 0 bridgehead atoms. The summed E-state index contributed by atoms with van der Waals surface area (Å²) in [7, 11) is 0. The Kier molecular flexibility index (Phi) is 4.52. The molecular weight excluding hydrogens is 352 g/mol. The summed E-state index contributed by atoms with van der Waals surface area (Å²) in [5.74, 6) is 0.906. The third kappa shape index (κ3) is 3.30. The molecule has 0 aliphatic carbocycles. The minimum Gasteiger partial charge on any atom is -0.467 e. The number of nitrogens with two attached hydrogens (primary N) is 1. The van der Waals surface area contributed by atoms with Gasteiger partial charge in [0.1, 0.15) is 16.3 Å². The van der Waals surface area contributed by atoms with Gasteiger partial charge in [0.05, 0.1) is 17.5 Å². The van der Waals surface area contributed by atoms with Crippen LogP contribution in [-0.4, -0.2) is 15.4 Å². The molecule has 0 radical (unpaired) electrons. The van der Waals surface area contributed by atoms with Gasteiger partial charge in [-0.25, -0.2) is 0 Å². The minimum atomic E-state index is 0.103. The number of fused-ring (bicyclic) bond motifs is 1. The molecule has 1 atom stereocenters. The van der Waals surface area contributed by atoms with Crippen molar-refractivity contribution < 1.29 is 4.42 Å². The van der Waals surface area contributed by atoms with E-state index in [2.05, 4.69) is 10.3 Å². The molecule has 0 aliphatic rings. The average Bonchev–Trinajstić information content (AvgIpc) is 3.30. The van der Waals surface area contributed by atoms with Gasteiger partial charge in [0.15, 0.2) is 0 Å². The average molecular weight is 371 g/mol. The van der Waals surface area contributed by atoms with Crippen molar-refractivity contribution in [3.8, 4) is 11.1 Å². The summed E-state index contributed by atoms with van der Waals surface area (Å²) < 4.78 is 11.3. The number of hydrogen-bond donors (Lipinski definition) is 2. The van der Waals surface area contributed by atoms with Crippen LogP contribution in [0.4, 0.5) is 5.00 Å². The molecule has 0 saturated carbocycles. The zero-order chi connectivity index (χ0) is 17.2. The van der Waals surface area contributed by atoms with E-state index >= 15 is 0 Å². The van der Waals surface area contributed by atoms with E-state index in [1.807, 2.05) is 43.6 Å². The molecule has 0 aromatic carbocycles. The van der Waals surface area contributed by atoms with Gasteiger partial charge in [-0.3, -0.25) is 4.98 Å². The zero-order valence-electron chi connectivity index (χ0n) is 13.7.